The van der Waals surface area contributed by atoms with E-state index in [2.05, 4.69) is 10.2 Å². The third-order valence-corrected chi connectivity index (χ3v) is 2.12. The number of nitrogens with zero attached hydrogens (tertiary/aromatic N) is 2. The van der Waals surface area contributed by atoms with Crippen molar-refractivity contribution in [3.8, 4) is 0 Å². The number of hydrogen-bond donors (Lipinski definition) is 1. The molecule has 0 aliphatic rings. The molecule has 1 N–H and O–H groups in total. The van der Waals surface area contributed by atoms with Crippen molar-refractivity contribution in [3.63, 3.8) is 0 Å². The van der Waals surface area contributed by atoms with Crippen molar-refractivity contribution in [3.05, 3.63) is 40.7 Å². The second kappa shape index (κ2) is 6.76. The molecular formula is C12H13ClN2O3. The normalized spacial score (nSPS) is 12.4. The van der Waals surface area contributed by atoms with Crippen LogP contribution in [0.4, 0.5) is 5.69 Å². The van der Waals surface area contributed by atoms with Gasteiger partial charge in [0.15, 0.2) is 0 Å². The van der Waals surface area contributed by atoms with Gasteiger partial charge in [0.2, 0.25) is 5.70 Å². The average molecular weight is 269 g/mol. The van der Waals surface area contributed by atoms with Crippen molar-refractivity contribution in [2.75, 3.05) is 6.61 Å². The van der Waals surface area contributed by atoms with Crippen LogP contribution >= 0.6 is 11.6 Å². The molecule has 0 atom stereocenters. The highest BCUT2D eigenvalue weighted by Crippen LogP contribution is 2.19. The standard InChI is InChI=1S/C12H13ClN2O3/c1-3-18-12(17)11(8(2)16)15-14-10-6-4-5-9(13)7-10/h4-7,16H,3H2,1-2H3. The monoisotopic (exact) mass is 268 g/mol. The zero-order valence-electron chi connectivity index (χ0n) is 10.1. The van der Waals surface area contributed by atoms with E-state index in [1.165, 1.54) is 6.92 Å². The molecule has 0 radical (unpaired) electrons. The van der Waals surface area contributed by atoms with Gasteiger partial charge in [0.25, 0.3) is 0 Å². The van der Waals surface area contributed by atoms with E-state index < -0.39 is 5.97 Å². The summed E-state index contributed by atoms with van der Waals surface area (Å²) >= 11 is 5.78. The maximum absolute atomic E-state index is 11.5. The fraction of sp³-hybridized carbons (Fsp3) is 0.250. The summed E-state index contributed by atoms with van der Waals surface area (Å²) in [5.74, 6) is -0.970. The number of halogens is 1. The summed E-state index contributed by atoms with van der Waals surface area (Å²) < 4.78 is 4.74. The van der Waals surface area contributed by atoms with E-state index in [4.69, 9.17) is 16.3 Å². The molecule has 0 spiro atoms. The summed E-state index contributed by atoms with van der Waals surface area (Å²) in [5, 5.41) is 17.3. The molecule has 0 aromatic heterocycles. The van der Waals surface area contributed by atoms with E-state index >= 15 is 0 Å². The highest BCUT2D eigenvalue weighted by atomic mass is 35.5. The van der Waals surface area contributed by atoms with E-state index in [0.29, 0.717) is 10.7 Å². The van der Waals surface area contributed by atoms with Crippen molar-refractivity contribution < 1.29 is 14.6 Å². The van der Waals surface area contributed by atoms with Gasteiger partial charge < -0.3 is 9.84 Å². The largest absolute Gasteiger partial charge is 0.510 e. The van der Waals surface area contributed by atoms with Gasteiger partial charge >= 0.3 is 5.97 Å². The Hall–Kier alpha value is -1.88. The number of aliphatic hydroxyl groups is 1. The minimum Gasteiger partial charge on any atom is -0.510 e. The molecule has 1 aromatic rings. The van der Waals surface area contributed by atoms with Gasteiger partial charge in [-0.25, -0.2) is 4.79 Å². The number of esters is 1. The molecule has 0 bridgehead atoms. The predicted molar refractivity (Wildman–Crippen MR) is 67.9 cm³/mol. The molecule has 1 aromatic carbocycles. The number of carbonyl (C=O) groups is 1. The van der Waals surface area contributed by atoms with Crippen LogP contribution in [0.5, 0.6) is 0 Å². The van der Waals surface area contributed by atoms with Gasteiger partial charge in [-0.1, -0.05) is 17.7 Å². The lowest BCUT2D eigenvalue weighted by molar-refractivity contribution is -0.138. The Morgan fingerprint density at radius 2 is 2.22 bits per heavy atom. The van der Waals surface area contributed by atoms with E-state index in [-0.39, 0.29) is 18.1 Å². The molecule has 0 amide bonds. The highest BCUT2D eigenvalue weighted by molar-refractivity contribution is 6.30. The zero-order valence-corrected chi connectivity index (χ0v) is 10.8. The van der Waals surface area contributed by atoms with Gasteiger partial charge in [-0.2, -0.15) is 5.11 Å². The van der Waals surface area contributed by atoms with Crippen LogP contribution in [0.2, 0.25) is 5.02 Å². The van der Waals surface area contributed by atoms with E-state index in [9.17, 15) is 9.90 Å². The molecule has 0 aliphatic heterocycles. The minimum absolute atomic E-state index is 0.197. The molecule has 0 saturated carbocycles. The second-order valence-electron chi connectivity index (χ2n) is 3.33. The number of benzene rings is 1. The van der Waals surface area contributed by atoms with Crippen LogP contribution in [-0.2, 0) is 9.53 Å². The first-order valence-electron chi connectivity index (χ1n) is 5.29. The lowest BCUT2D eigenvalue weighted by Gasteiger charge is -2.01. The van der Waals surface area contributed by atoms with Crippen LogP contribution < -0.4 is 0 Å². The summed E-state index contributed by atoms with van der Waals surface area (Å²) in [4.78, 5) is 11.5. The van der Waals surface area contributed by atoms with Gasteiger partial charge in [-0.05, 0) is 32.0 Å². The summed E-state index contributed by atoms with van der Waals surface area (Å²) in [6, 6.07) is 6.65. The highest BCUT2D eigenvalue weighted by Gasteiger charge is 2.13. The molecule has 0 unspecified atom stereocenters. The fourth-order valence-corrected chi connectivity index (χ4v) is 1.29. The van der Waals surface area contributed by atoms with Crippen LogP contribution in [0, 0.1) is 0 Å². The van der Waals surface area contributed by atoms with Gasteiger partial charge in [0.1, 0.15) is 5.76 Å². The number of rotatable bonds is 4. The third-order valence-electron chi connectivity index (χ3n) is 1.89. The predicted octanol–water partition coefficient (Wildman–Crippen LogP) is 3.78. The Labute approximate surface area is 110 Å². The Kier molecular flexibility index (Phi) is 5.32. The number of aliphatic hydroxyl groups excluding tert-OH is 1. The summed E-state index contributed by atoms with van der Waals surface area (Å²) in [7, 11) is 0. The molecule has 5 nitrogen and oxygen atoms in total. The van der Waals surface area contributed by atoms with Gasteiger partial charge in [0, 0.05) is 5.02 Å². The molecule has 0 saturated heterocycles. The molecule has 0 fully saturated rings. The minimum atomic E-state index is -0.719. The van der Waals surface area contributed by atoms with Crippen molar-refractivity contribution in [2.24, 2.45) is 10.2 Å². The molecular weight excluding hydrogens is 256 g/mol. The van der Waals surface area contributed by atoms with Crippen LogP contribution in [0.1, 0.15) is 13.8 Å². The first-order chi connectivity index (χ1) is 8.54. The molecule has 1 rings (SSSR count). The number of allylic oxidation sites excluding steroid dienone is 1. The molecule has 18 heavy (non-hydrogen) atoms. The summed E-state index contributed by atoms with van der Waals surface area (Å²) in [6.45, 7) is 3.20. The lowest BCUT2D eigenvalue weighted by Crippen LogP contribution is -2.07. The van der Waals surface area contributed by atoms with Crippen LogP contribution in [0.3, 0.4) is 0 Å². The Bertz CT molecular complexity index is 494. The first-order valence-corrected chi connectivity index (χ1v) is 5.66. The van der Waals surface area contributed by atoms with Crippen molar-refractivity contribution in [1.82, 2.24) is 0 Å². The molecule has 0 aliphatic carbocycles. The SMILES string of the molecule is CCOC(=O)C(N=Nc1cccc(Cl)c1)=C(C)O. The topological polar surface area (TPSA) is 71.2 Å². The van der Waals surface area contributed by atoms with Crippen molar-refractivity contribution in [1.29, 1.82) is 0 Å². The quantitative estimate of drug-likeness (QED) is 0.391. The van der Waals surface area contributed by atoms with Crippen molar-refractivity contribution >= 4 is 23.3 Å². The molecule has 0 heterocycles. The number of ether oxygens (including phenoxy) is 1. The van der Waals surface area contributed by atoms with E-state index in [1.807, 2.05) is 0 Å². The number of azo groups is 1. The average Bonchev–Trinajstić information content (AvgIpc) is 2.29. The molecule has 6 heteroatoms. The zero-order chi connectivity index (χ0) is 13.5. The summed E-state index contributed by atoms with van der Waals surface area (Å²) in [5.41, 5.74) is 0.252. The first kappa shape index (κ1) is 14.2. The van der Waals surface area contributed by atoms with E-state index in [1.54, 1.807) is 31.2 Å². The Morgan fingerprint density at radius 1 is 1.50 bits per heavy atom. The second-order valence-corrected chi connectivity index (χ2v) is 3.77. The third kappa shape index (κ3) is 4.18. The van der Waals surface area contributed by atoms with Crippen molar-refractivity contribution in [2.45, 2.75) is 13.8 Å². The van der Waals surface area contributed by atoms with Gasteiger partial charge in [-0.3, -0.25) is 0 Å². The Morgan fingerprint density at radius 3 is 2.78 bits per heavy atom. The maximum atomic E-state index is 11.5. The van der Waals surface area contributed by atoms with Gasteiger partial charge in [0.05, 0.1) is 12.3 Å². The van der Waals surface area contributed by atoms with Crippen LogP contribution in [0.15, 0.2) is 46.0 Å². The lowest BCUT2D eigenvalue weighted by atomic mass is 10.3. The van der Waals surface area contributed by atoms with Crippen LogP contribution in [-0.4, -0.2) is 17.7 Å². The van der Waals surface area contributed by atoms with Gasteiger partial charge in [-0.15, -0.1) is 5.11 Å². The Balaban J connectivity index is 2.92. The van der Waals surface area contributed by atoms with Crippen LogP contribution in [0.25, 0.3) is 0 Å². The molecule has 96 valence electrons. The fourth-order valence-electron chi connectivity index (χ4n) is 1.11. The smallest absolute Gasteiger partial charge is 0.362 e. The van der Waals surface area contributed by atoms with E-state index in [0.717, 1.165) is 0 Å². The number of carbonyl (C=O) groups excluding carboxylic acids is 1. The maximum Gasteiger partial charge on any atom is 0.362 e. The number of hydrogen-bond acceptors (Lipinski definition) is 5. The summed E-state index contributed by atoms with van der Waals surface area (Å²) in [6.07, 6.45) is 0.